The van der Waals surface area contributed by atoms with Crippen molar-refractivity contribution in [3.05, 3.63) is 35.9 Å². The van der Waals surface area contributed by atoms with Crippen LogP contribution in [-0.2, 0) is 11.3 Å². The lowest BCUT2D eigenvalue weighted by Crippen LogP contribution is -2.46. The number of fused-ring (bicyclic) bond motifs is 1. The maximum absolute atomic E-state index is 12.7. The summed E-state index contributed by atoms with van der Waals surface area (Å²) in [4.78, 5) is 12.6. The van der Waals surface area contributed by atoms with Crippen LogP contribution in [0.1, 0.15) is 30.6 Å². The van der Waals surface area contributed by atoms with Crippen molar-refractivity contribution < 1.29 is 27.0 Å². The number of rotatable bonds is 3. The molecule has 1 saturated heterocycles. The first-order valence-corrected chi connectivity index (χ1v) is 5.80. The van der Waals surface area contributed by atoms with Gasteiger partial charge in [0, 0.05) is 17.5 Å². The molecule has 4 nitrogen and oxygen atoms in total. The van der Waals surface area contributed by atoms with Gasteiger partial charge in [0.15, 0.2) is 0 Å². The highest BCUT2D eigenvalue weighted by Gasteiger charge is 2.47. The van der Waals surface area contributed by atoms with E-state index in [2.05, 4.69) is 0 Å². The van der Waals surface area contributed by atoms with E-state index in [1.165, 1.54) is 0 Å². The van der Waals surface area contributed by atoms with E-state index < -0.39 is 49.7 Å². The minimum absolute atomic E-state index is 0.0758. The van der Waals surface area contributed by atoms with Crippen molar-refractivity contribution in [3.63, 3.8) is 0 Å². The van der Waals surface area contributed by atoms with Crippen LogP contribution in [0.4, 0.5) is 4.79 Å². The van der Waals surface area contributed by atoms with E-state index in [-0.39, 0.29) is 11.5 Å². The summed E-state index contributed by atoms with van der Waals surface area (Å²) >= 11 is 0. The molecule has 102 valence electrons. The zero-order valence-electron chi connectivity index (χ0n) is 19.0. The Morgan fingerprint density at radius 3 is 2.95 bits per heavy atom. The number of hydrogen-bond donors (Lipinski definition) is 1. The normalized spacial score (nSPS) is 55.2. The van der Waals surface area contributed by atoms with Crippen LogP contribution in [0.25, 0.3) is 0 Å². The lowest BCUT2D eigenvalue weighted by molar-refractivity contribution is 0.0475. The van der Waals surface area contributed by atoms with E-state index in [4.69, 9.17) is 17.1 Å². The predicted octanol–water partition coefficient (Wildman–Crippen LogP) is 2.03. The maximum Gasteiger partial charge on any atom is 0.410 e. The topological polar surface area (TPSA) is 49.8 Å². The molecule has 0 bridgehead atoms. The van der Waals surface area contributed by atoms with Crippen molar-refractivity contribution in [2.24, 2.45) is 11.8 Å². The Bertz CT molecular complexity index is 807. The van der Waals surface area contributed by atoms with Gasteiger partial charge in [-0.25, -0.2) is 4.79 Å². The molecule has 4 heteroatoms. The molecule has 1 saturated carbocycles. The van der Waals surface area contributed by atoms with Gasteiger partial charge in [-0.2, -0.15) is 0 Å². The molecule has 3 atom stereocenters. The zero-order valence-corrected chi connectivity index (χ0v) is 10.0. The van der Waals surface area contributed by atoms with Gasteiger partial charge in [0.25, 0.3) is 0 Å². The molecule has 0 radical (unpaired) electrons. The van der Waals surface area contributed by atoms with Gasteiger partial charge in [-0.3, -0.25) is 0 Å². The highest BCUT2D eigenvalue weighted by Crippen LogP contribution is 2.47. The second-order valence-corrected chi connectivity index (χ2v) is 4.09. The second kappa shape index (κ2) is 5.21. The molecular weight excluding hydrogens is 242 g/mol. The van der Waals surface area contributed by atoms with Crippen LogP contribution in [0.2, 0.25) is 0 Å². The number of ether oxygens (including phenoxy) is 1. The molecule has 1 aliphatic heterocycles. The summed E-state index contributed by atoms with van der Waals surface area (Å²) in [7, 11) is 0. The Morgan fingerprint density at radius 2 is 2.21 bits per heavy atom. The standard InChI is InChI=1S/C15H19NO3/c17-9-14-7-12-6-13(12)8-16(14)15(18)19-10-11-4-2-1-3-5-11/h1-5,12-14,17H,6-10H2/t12-,13+,14-/m0/s1/i6D2,7D2,8D2,12D,13D,14D. The molecule has 2 fully saturated rings. The first-order chi connectivity index (χ1) is 12.7. The average Bonchev–Trinajstić information content (AvgIpc) is 3.02. The van der Waals surface area contributed by atoms with Crippen LogP contribution in [0.3, 0.4) is 0 Å². The first kappa shape index (κ1) is 5.83. The fourth-order valence-corrected chi connectivity index (χ4v) is 1.70. The highest BCUT2D eigenvalue weighted by atomic mass is 16.6. The quantitative estimate of drug-likeness (QED) is 0.914. The number of hydrogen-bond acceptors (Lipinski definition) is 3. The molecule has 1 aliphatic carbocycles. The van der Waals surface area contributed by atoms with Crippen LogP contribution in [0.5, 0.6) is 0 Å². The largest absolute Gasteiger partial charge is 0.445 e. The molecule has 1 aromatic carbocycles. The first-order valence-electron chi connectivity index (χ1n) is 10.3. The van der Waals surface area contributed by atoms with Crippen molar-refractivity contribution >= 4 is 6.09 Å². The molecule has 1 aromatic rings. The number of carbonyl (C=O) groups is 1. The number of carbonyl (C=O) groups excluding carboxylic acids is 1. The number of nitrogens with zero attached hydrogens (tertiary/aromatic N) is 1. The molecule has 2 aliphatic rings. The maximum atomic E-state index is 12.7. The fraction of sp³-hybridized carbons (Fsp3) is 0.533. The van der Waals surface area contributed by atoms with Gasteiger partial charge in [0.1, 0.15) is 6.61 Å². The SMILES string of the molecule is [2H]C1([2H])N(C(=O)OCc2ccccc2)[C@]([2H])(CO)C([2H])([2H])[C@]2([2H])C([2H])([2H])[C@]12[2H]. The molecule has 1 N–H and O–H groups in total. The third-order valence-electron chi connectivity index (χ3n) is 2.74. The van der Waals surface area contributed by atoms with Crippen molar-refractivity contribution in [2.45, 2.75) is 25.4 Å². The number of likely N-dealkylation sites (tertiary alicyclic amines) is 1. The van der Waals surface area contributed by atoms with E-state index in [0.29, 0.717) is 5.56 Å². The Hall–Kier alpha value is -1.55. The third kappa shape index (κ3) is 2.73. The summed E-state index contributed by atoms with van der Waals surface area (Å²) in [6, 6.07) is 5.18. The van der Waals surface area contributed by atoms with E-state index in [9.17, 15) is 9.90 Å². The molecule has 19 heavy (non-hydrogen) atoms. The van der Waals surface area contributed by atoms with Crippen LogP contribution < -0.4 is 0 Å². The van der Waals surface area contributed by atoms with Crippen LogP contribution >= 0.6 is 0 Å². The molecule has 1 heterocycles. The van der Waals surface area contributed by atoms with E-state index in [0.717, 1.165) is 0 Å². The van der Waals surface area contributed by atoms with Gasteiger partial charge in [0.05, 0.1) is 14.0 Å². The minimum Gasteiger partial charge on any atom is -0.445 e. The molecule has 0 spiro atoms. The zero-order chi connectivity index (χ0) is 21.4. The van der Waals surface area contributed by atoms with Gasteiger partial charge in [0.2, 0.25) is 0 Å². The van der Waals surface area contributed by atoms with Crippen LogP contribution in [0.15, 0.2) is 30.3 Å². The molecular formula is C15H19NO3. The lowest BCUT2D eigenvalue weighted by atomic mass is 10.0. The Morgan fingerprint density at radius 1 is 1.42 bits per heavy atom. The number of aliphatic hydroxyl groups excluding tert-OH is 1. The summed E-state index contributed by atoms with van der Waals surface area (Å²) in [5, 5.41) is 9.72. The summed E-state index contributed by atoms with van der Waals surface area (Å²) in [6.45, 7) is -5.07. The summed E-state index contributed by atoms with van der Waals surface area (Å²) in [5.74, 6) is -6.04. The van der Waals surface area contributed by atoms with Gasteiger partial charge < -0.3 is 14.7 Å². The van der Waals surface area contributed by atoms with E-state index in [1.807, 2.05) is 0 Å². The number of benzene rings is 1. The van der Waals surface area contributed by atoms with Crippen molar-refractivity contribution in [3.8, 4) is 0 Å². The Labute approximate surface area is 125 Å². The summed E-state index contributed by atoms with van der Waals surface area (Å²) < 4.78 is 78.3. The smallest absolute Gasteiger partial charge is 0.410 e. The number of aliphatic hydroxyl groups is 1. The van der Waals surface area contributed by atoms with Crippen LogP contribution in [-0.4, -0.2) is 35.2 Å². The fourth-order valence-electron chi connectivity index (χ4n) is 1.70. The molecule has 1 amide bonds. The second-order valence-electron chi connectivity index (χ2n) is 4.09. The minimum atomic E-state index is -3.30. The van der Waals surface area contributed by atoms with Crippen LogP contribution in [0, 0.1) is 11.8 Å². The van der Waals surface area contributed by atoms with Gasteiger partial charge >= 0.3 is 6.09 Å². The number of amides is 1. The van der Waals surface area contributed by atoms with E-state index in [1.54, 1.807) is 30.3 Å². The van der Waals surface area contributed by atoms with Crippen molar-refractivity contribution in [1.29, 1.82) is 0 Å². The monoisotopic (exact) mass is 270 g/mol. The average molecular weight is 270 g/mol. The summed E-state index contributed by atoms with van der Waals surface area (Å²) in [5.41, 5.74) is 0.521. The molecule has 3 rings (SSSR count). The van der Waals surface area contributed by atoms with Gasteiger partial charge in [-0.1, -0.05) is 30.3 Å². The lowest BCUT2D eigenvalue weighted by Gasteiger charge is -2.33. The van der Waals surface area contributed by atoms with Crippen molar-refractivity contribution in [2.75, 3.05) is 13.1 Å². The Balaban J connectivity index is 2.05. The van der Waals surface area contributed by atoms with Gasteiger partial charge in [-0.15, -0.1) is 0 Å². The highest BCUT2D eigenvalue weighted by molar-refractivity contribution is 5.68. The van der Waals surface area contributed by atoms with Gasteiger partial charge in [-0.05, 0) is 30.1 Å². The predicted molar refractivity (Wildman–Crippen MR) is 70.4 cm³/mol. The number of piperidine rings is 1. The van der Waals surface area contributed by atoms with E-state index >= 15 is 0 Å². The summed E-state index contributed by atoms with van der Waals surface area (Å²) in [6.07, 6.45) is -7.83. The molecule has 0 unspecified atom stereocenters. The molecule has 0 aromatic heterocycles. The third-order valence-corrected chi connectivity index (χ3v) is 2.74. The Kier molecular flexibility index (Phi) is 1.60. The van der Waals surface area contributed by atoms with Crippen molar-refractivity contribution in [1.82, 2.24) is 4.90 Å².